The number of hydrogen-bond donors (Lipinski definition) is 1. The zero-order valence-electron chi connectivity index (χ0n) is 16.1. The molecule has 0 atom stereocenters. The number of fused-ring (bicyclic) bond motifs is 4. The Labute approximate surface area is 168 Å². The monoisotopic (exact) mass is 383 g/mol. The Bertz CT molecular complexity index is 1180. The zero-order valence-corrected chi connectivity index (χ0v) is 16.1. The summed E-state index contributed by atoms with van der Waals surface area (Å²) in [7, 11) is 0. The Kier molecular flexibility index (Phi) is 4.18. The quantitative estimate of drug-likeness (QED) is 0.513. The maximum absolute atomic E-state index is 11.8. The minimum Gasteiger partial charge on any atom is -0.478 e. The fourth-order valence-electron chi connectivity index (χ4n) is 4.14. The standard InChI is InChI=1S/C24H21N3O2/c1-2-29-23(27-22-14-8-7-13-21(22)25-26-27)15-16-24(28)19-11-5-3-9-17(19)18-10-4-6-12-20(18)24/h3-15,28H,2,16H2,1H3/b23-15+. The third-order valence-corrected chi connectivity index (χ3v) is 5.46. The Morgan fingerprint density at radius 1 is 0.966 bits per heavy atom. The predicted octanol–water partition coefficient (Wildman–Crippen LogP) is 4.57. The van der Waals surface area contributed by atoms with Gasteiger partial charge in [0.05, 0.1) is 12.1 Å². The van der Waals surface area contributed by atoms with E-state index in [0.717, 1.165) is 33.3 Å². The van der Waals surface area contributed by atoms with Crippen molar-refractivity contribution >= 4 is 16.9 Å². The highest BCUT2D eigenvalue weighted by Gasteiger charge is 2.40. The highest BCUT2D eigenvalue weighted by molar-refractivity contribution is 5.80. The molecule has 4 aromatic rings. The highest BCUT2D eigenvalue weighted by Crippen LogP contribution is 2.49. The van der Waals surface area contributed by atoms with Crippen LogP contribution in [0.4, 0.5) is 0 Å². The smallest absolute Gasteiger partial charge is 0.212 e. The van der Waals surface area contributed by atoms with Crippen molar-refractivity contribution in [1.82, 2.24) is 15.0 Å². The second-order valence-corrected chi connectivity index (χ2v) is 7.12. The normalized spacial score (nSPS) is 14.6. The summed E-state index contributed by atoms with van der Waals surface area (Å²) in [5.74, 6) is 0.566. The number of para-hydroxylation sites is 1. The first-order chi connectivity index (χ1) is 14.2. The molecule has 0 saturated heterocycles. The van der Waals surface area contributed by atoms with E-state index in [1.54, 1.807) is 4.68 Å². The molecule has 5 nitrogen and oxygen atoms in total. The molecule has 0 amide bonds. The molecular weight excluding hydrogens is 362 g/mol. The summed E-state index contributed by atoms with van der Waals surface area (Å²) >= 11 is 0. The summed E-state index contributed by atoms with van der Waals surface area (Å²) in [5, 5.41) is 20.3. The van der Waals surface area contributed by atoms with Crippen molar-refractivity contribution in [2.75, 3.05) is 6.61 Å². The van der Waals surface area contributed by atoms with E-state index in [1.165, 1.54) is 0 Å². The van der Waals surface area contributed by atoms with Gasteiger partial charge in [-0.25, -0.2) is 0 Å². The fraction of sp³-hybridized carbons (Fsp3) is 0.167. The summed E-state index contributed by atoms with van der Waals surface area (Å²) < 4.78 is 7.58. The van der Waals surface area contributed by atoms with Gasteiger partial charge in [0, 0.05) is 6.42 Å². The average molecular weight is 383 g/mol. The number of nitrogens with zero attached hydrogens (tertiary/aromatic N) is 3. The molecule has 0 fully saturated rings. The van der Waals surface area contributed by atoms with Gasteiger partial charge >= 0.3 is 0 Å². The number of ether oxygens (including phenoxy) is 1. The van der Waals surface area contributed by atoms with E-state index in [2.05, 4.69) is 22.4 Å². The van der Waals surface area contributed by atoms with Gasteiger partial charge in [0.25, 0.3) is 0 Å². The number of aromatic nitrogens is 3. The van der Waals surface area contributed by atoms with Crippen LogP contribution in [0.2, 0.25) is 0 Å². The van der Waals surface area contributed by atoms with Crippen LogP contribution >= 0.6 is 0 Å². The van der Waals surface area contributed by atoms with Crippen LogP contribution < -0.4 is 0 Å². The predicted molar refractivity (Wildman–Crippen MR) is 113 cm³/mol. The second kappa shape index (κ2) is 6.87. The van der Waals surface area contributed by atoms with Crippen molar-refractivity contribution in [3.8, 4) is 11.1 Å². The van der Waals surface area contributed by atoms with Gasteiger partial charge in [0.2, 0.25) is 5.88 Å². The lowest BCUT2D eigenvalue weighted by molar-refractivity contribution is 0.0882. The Balaban J connectivity index is 1.60. The van der Waals surface area contributed by atoms with Crippen LogP contribution in [-0.2, 0) is 10.3 Å². The third kappa shape index (κ3) is 2.74. The molecule has 0 aliphatic heterocycles. The number of hydrogen-bond acceptors (Lipinski definition) is 4. The SMILES string of the molecule is CCO/C(=C/CC1(O)c2ccccc2-c2ccccc21)n1nnc2ccccc21. The van der Waals surface area contributed by atoms with Crippen LogP contribution in [0.15, 0.2) is 78.9 Å². The maximum atomic E-state index is 11.8. The van der Waals surface area contributed by atoms with E-state index < -0.39 is 5.60 Å². The average Bonchev–Trinajstić information content (AvgIpc) is 3.30. The summed E-state index contributed by atoms with van der Waals surface area (Å²) in [5.41, 5.74) is 4.52. The lowest BCUT2D eigenvalue weighted by Crippen LogP contribution is -2.24. The highest BCUT2D eigenvalue weighted by atomic mass is 16.5. The minimum absolute atomic E-state index is 0.366. The van der Waals surface area contributed by atoms with Crippen LogP contribution in [0, 0.1) is 0 Å². The number of benzene rings is 3. The molecule has 1 aliphatic rings. The van der Waals surface area contributed by atoms with Crippen LogP contribution in [0.1, 0.15) is 24.5 Å². The minimum atomic E-state index is -1.12. The van der Waals surface area contributed by atoms with Crippen molar-refractivity contribution in [1.29, 1.82) is 0 Å². The van der Waals surface area contributed by atoms with Gasteiger partial charge in [-0.2, -0.15) is 4.68 Å². The van der Waals surface area contributed by atoms with Gasteiger partial charge in [-0.3, -0.25) is 0 Å². The van der Waals surface area contributed by atoms with Crippen molar-refractivity contribution in [3.63, 3.8) is 0 Å². The van der Waals surface area contributed by atoms with Crippen molar-refractivity contribution in [2.24, 2.45) is 0 Å². The van der Waals surface area contributed by atoms with Crippen molar-refractivity contribution in [3.05, 3.63) is 90.0 Å². The van der Waals surface area contributed by atoms with Gasteiger partial charge in [0.1, 0.15) is 11.1 Å². The van der Waals surface area contributed by atoms with E-state index in [-0.39, 0.29) is 0 Å². The Morgan fingerprint density at radius 3 is 2.28 bits per heavy atom. The summed E-state index contributed by atoms with van der Waals surface area (Å²) in [4.78, 5) is 0. The van der Waals surface area contributed by atoms with Crippen molar-refractivity contribution in [2.45, 2.75) is 18.9 Å². The first kappa shape index (κ1) is 17.6. The topological polar surface area (TPSA) is 60.2 Å². The first-order valence-electron chi connectivity index (χ1n) is 9.78. The molecular formula is C24H21N3O2. The van der Waals surface area contributed by atoms with E-state index >= 15 is 0 Å². The fourth-order valence-corrected chi connectivity index (χ4v) is 4.14. The molecule has 1 aliphatic carbocycles. The molecule has 29 heavy (non-hydrogen) atoms. The van der Waals surface area contributed by atoms with Gasteiger partial charge in [0.15, 0.2) is 0 Å². The molecule has 0 spiro atoms. The van der Waals surface area contributed by atoms with E-state index in [4.69, 9.17) is 4.74 Å². The first-order valence-corrected chi connectivity index (χ1v) is 9.78. The lowest BCUT2D eigenvalue weighted by atomic mass is 9.88. The lowest BCUT2D eigenvalue weighted by Gasteiger charge is -2.25. The molecule has 1 N–H and O–H groups in total. The van der Waals surface area contributed by atoms with Crippen LogP contribution in [0.25, 0.3) is 28.0 Å². The van der Waals surface area contributed by atoms with E-state index in [1.807, 2.05) is 73.7 Å². The molecule has 5 heteroatoms. The Morgan fingerprint density at radius 2 is 1.59 bits per heavy atom. The van der Waals surface area contributed by atoms with E-state index in [9.17, 15) is 5.11 Å². The Hall–Kier alpha value is -3.44. The molecule has 144 valence electrons. The molecule has 1 aromatic heterocycles. The van der Waals surface area contributed by atoms with Gasteiger partial charge in [-0.05, 0) is 47.4 Å². The van der Waals surface area contributed by atoms with E-state index in [0.29, 0.717) is 18.9 Å². The molecule has 3 aromatic carbocycles. The summed E-state index contributed by atoms with van der Waals surface area (Å²) in [6.07, 6.45) is 2.27. The molecule has 0 radical (unpaired) electrons. The molecule has 1 heterocycles. The van der Waals surface area contributed by atoms with Gasteiger partial charge < -0.3 is 9.84 Å². The number of aliphatic hydroxyl groups is 1. The van der Waals surface area contributed by atoms with Crippen molar-refractivity contribution < 1.29 is 9.84 Å². The number of rotatable bonds is 5. The summed E-state index contributed by atoms with van der Waals surface area (Å²) in [6, 6.07) is 23.8. The van der Waals surface area contributed by atoms with Gasteiger partial charge in [-0.1, -0.05) is 65.9 Å². The van der Waals surface area contributed by atoms with Gasteiger partial charge in [-0.15, -0.1) is 5.10 Å². The maximum Gasteiger partial charge on any atom is 0.212 e. The zero-order chi connectivity index (χ0) is 19.8. The molecule has 5 rings (SSSR count). The molecule has 0 unspecified atom stereocenters. The largest absolute Gasteiger partial charge is 0.478 e. The second-order valence-electron chi connectivity index (χ2n) is 7.12. The third-order valence-electron chi connectivity index (χ3n) is 5.46. The summed E-state index contributed by atoms with van der Waals surface area (Å²) in [6.45, 7) is 2.42. The van der Waals surface area contributed by atoms with Crippen LogP contribution in [-0.4, -0.2) is 26.7 Å². The molecule has 0 bridgehead atoms. The molecule has 0 saturated carbocycles. The van der Waals surface area contributed by atoms with Crippen LogP contribution in [0.3, 0.4) is 0 Å². The van der Waals surface area contributed by atoms with Crippen LogP contribution in [0.5, 0.6) is 0 Å².